The Kier molecular flexibility index (Phi) is 10.8. The van der Waals surface area contributed by atoms with E-state index in [-0.39, 0.29) is 32.8 Å². The van der Waals surface area contributed by atoms with E-state index in [2.05, 4.69) is 25.3 Å². The van der Waals surface area contributed by atoms with Crippen molar-refractivity contribution < 1.29 is 51.0 Å². The van der Waals surface area contributed by atoms with Gasteiger partial charge in [-0.2, -0.15) is 0 Å². The lowest BCUT2D eigenvalue weighted by Gasteiger charge is -2.29. The highest BCUT2D eigenvalue weighted by Crippen LogP contribution is 2.39. The Morgan fingerprint density at radius 2 is 1.13 bits per heavy atom. The van der Waals surface area contributed by atoms with Crippen molar-refractivity contribution in [1.29, 1.82) is 0 Å². The molecule has 14 nitrogen and oxygen atoms in total. The molecule has 0 radical (unpaired) electrons. The topological polar surface area (TPSA) is 163 Å². The van der Waals surface area contributed by atoms with E-state index in [4.69, 9.17) is 18.9 Å². The van der Waals surface area contributed by atoms with Crippen molar-refractivity contribution in [1.82, 2.24) is 19.1 Å². The van der Waals surface area contributed by atoms with E-state index in [9.17, 15) is 27.3 Å². The maximum atomic E-state index is 14.9. The van der Waals surface area contributed by atoms with Gasteiger partial charge in [-0.1, -0.05) is 12.1 Å². The predicted octanol–water partition coefficient (Wildman–Crippen LogP) is 6.12. The van der Waals surface area contributed by atoms with Crippen molar-refractivity contribution in [2.45, 2.75) is 23.3 Å². The van der Waals surface area contributed by atoms with E-state index in [1.54, 1.807) is 30.3 Å². The second kappa shape index (κ2) is 15.5. The molecule has 0 bridgehead atoms. The Morgan fingerprint density at radius 3 is 1.56 bits per heavy atom. The lowest BCUT2D eigenvalue weighted by atomic mass is 10.0. The van der Waals surface area contributed by atoms with Crippen LogP contribution in [0.3, 0.4) is 0 Å². The minimum Gasteiger partial charge on any atom is -0.612 e. The summed E-state index contributed by atoms with van der Waals surface area (Å²) in [5.41, 5.74) is 0.705. The predicted molar refractivity (Wildman–Crippen MR) is 193 cm³/mol. The van der Waals surface area contributed by atoms with Crippen LogP contribution >= 0.6 is 0 Å². The third-order valence-electron chi connectivity index (χ3n) is 8.32. The quantitative estimate of drug-likeness (QED) is 0.131. The first-order valence-corrected chi connectivity index (χ1v) is 17.5. The van der Waals surface area contributed by atoms with Crippen LogP contribution in [0, 0.1) is 0 Å². The molecule has 0 aliphatic carbocycles. The Bertz CT molecular complexity index is 2290. The van der Waals surface area contributed by atoms with Crippen molar-refractivity contribution in [3.8, 4) is 28.7 Å². The number of carbonyl (C=O) groups excluding carboxylic acids is 2. The molecule has 18 heteroatoms. The third kappa shape index (κ3) is 7.79. The Balaban J connectivity index is 1.63. The lowest BCUT2D eigenvalue weighted by Crippen LogP contribution is -2.40. The number of aromatic nitrogens is 4. The molecular formula is C36H33F3N6O8S. The summed E-state index contributed by atoms with van der Waals surface area (Å²) in [7, 11) is 5.67. The maximum absolute atomic E-state index is 14.9. The van der Waals surface area contributed by atoms with Crippen LogP contribution in [0.4, 0.5) is 24.5 Å². The van der Waals surface area contributed by atoms with Crippen LogP contribution in [0.25, 0.3) is 22.1 Å². The highest BCUT2D eigenvalue weighted by atomic mass is 32.2. The standard InChI is InChI=1S/C36H33F3N6O8S/c1-49-22-12-20(13-23(16-22)50-2)42-34(46)32(44-18-40-26-8-6-10-28(30(26)44)53-36(37,38)39)33(35(47)43-21-14-24(51-3)17-25(15-21)52-4)45-19-41-27-9-7-11-29(31(27)45)54(5)48/h6-19,32-33H,1-5H3,(H,42,46)(H,43,47). The van der Waals surface area contributed by atoms with Crippen molar-refractivity contribution >= 4 is 56.4 Å². The van der Waals surface area contributed by atoms with Gasteiger partial charge in [0.15, 0.2) is 10.6 Å². The van der Waals surface area contributed by atoms with E-state index in [0.717, 1.165) is 17.0 Å². The molecule has 282 valence electrons. The number of alkyl halides is 3. The van der Waals surface area contributed by atoms with Crippen LogP contribution in [0.2, 0.25) is 0 Å². The molecule has 2 heterocycles. The fourth-order valence-electron chi connectivity index (χ4n) is 6.01. The summed E-state index contributed by atoms with van der Waals surface area (Å²) in [6, 6.07) is 14.4. The van der Waals surface area contributed by atoms with Gasteiger partial charge in [-0.15, -0.1) is 13.2 Å². The second-order valence-electron chi connectivity index (χ2n) is 11.6. The first-order chi connectivity index (χ1) is 25.8. The van der Waals surface area contributed by atoms with E-state index >= 15 is 0 Å². The molecule has 6 aromatic rings. The van der Waals surface area contributed by atoms with Gasteiger partial charge in [0, 0.05) is 47.8 Å². The summed E-state index contributed by atoms with van der Waals surface area (Å²) < 4.78 is 82.8. The molecule has 0 spiro atoms. The Morgan fingerprint density at radius 1 is 0.704 bits per heavy atom. The Hall–Kier alpha value is -6.14. The van der Waals surface area contributed by atoms with Gasteiger partial charge in [-0.3, -0.25) is 9.59 Å². The van der Waals surface area contributed by atoms with E-state index in [0.29, 0.717) is 28.5 Å². The summed E-state index contributed by atoms with van der Waals surface area (Å²) in [6.45, 7) is 0. The SMILES string of the molecule is COc1cc(NC(=O)C(C(C(=O)Nc2cc(OC)cc(OC)c2)n2cnc3cccc([S+](C)[O-])c32)n2cnc3cccc(OC(F)(F)F)c32)cc(OC)c1. The molecule has 2 N–H and O–H groups in total. The second-order valence-corrected chi connectivity index (χ2v) is 13.0. The number of rotatable bonds is 13. The number of fused-ring (bicyclic) bond motifs is 2. The molecule has 0 fully saturated rings. The fraction of sp³-hybridized carbons (Fsp3) is 0.222. The van der Waals surface area contributed by atoms with Crippen LogP contribution in [0.15, 0.2) is 90.3 Å². The Labute approximate surface area is 308 Å². The average Bonchev–Trinajstić information content (AvgIpc) is 3.77. The van der Waals surface area contributed by atoms with Gasteiger partial charge in [0.2, 0.25) is 11.8 Å². The molecule has 0 aliphatic rings. The van der Waals surface area contributed by atoms with Crippen LogP contribution in [0.1, 0.15) is 12.1 Å². The molecule has 6 rings (SSSR count). The zero-order valence-electron chi connectivity index (χ0n) is 29.3. The van der Waals surface area contributed by atoms with Crippen molar-refractivity contribution in [3.63, 3.8) is 0 Å². The third-order valence-corrected chi connectivity index (χ3v) is 9.27. The molecular weight excluding hydrogens is 733 g/mol. The molecule has 3 unspecified atom stereocenters. The number of hydrogen-bond acceptors (Lipinski definition) is 10. The summed E-state index contributed by atoms with van der Waals surface area (Å²) in [6.07, 6.45) is -1.26. The monoisotopic (exact) mass is 766 g/mol. The van der Waals surface area contributed by atoms with Gasteiger partial charge in [-0.25, -0.2) is 9.97 Å². The molecule has 54 heavy (non-hydrogen) atoms. The van der Waals surface area contributed by atoms with Gasteiger partial charge in [0.1, 0.15) is 52.4 Å². The number of halogens is 3. The van der Waals surface area contributed by atoms with E-state index < -0.39 is 47.2 Å². The first-order valence-electron chi connectivity index (χ1n) is 15.9. The van der Waals surface area contributed by atoms with Crippen molar-refractivity contribution in [2.24, 2.45) is 0 Å². The number of imidazole rings is 2. The van der Waals surface area contributed by atoms with Crippen LogP contribution < -0.4 is 34.3 Å². The summed E-state index contributed by atoms with van der Waals surface area (Å²) in [4.78, 5) is 38.8. The lowest BCUT2D eigenvalue weighted by molar-refractivity contribution is -0.274. The largest absolute Gasteiger partial charge is 0.612 e. The number of nitrogens with zero attached hydrogens (tertiary/aromatic N) is 4. The zero-order valence-corrected chi connectivity index (χ0v) is 30.2. The number of hydrogen-bond donors (Lipinski definition) is 2. The number of methoxy groups -OCH3 is 4. The molecule has 0 saturated carbocycles. The molecule has 3 atom stereocenters. The average molecular weight is 767 g/mol. The van der Waals surface area contributed by atoms with E-state index in [1.165, 1.54) is 82.0 Å². The fourth-order valence-corrected chi connectivity index (χ4v) is 6.76. The van der Waals surface area contributed by atoms with Crippen LogP contribution in [-0.4, -0.2) is 76.5 Å². The first kappa shape index (κ1) is 37.6. The smallest absolute Gasteiger partial charge is 0.573 e. The zero-order chi connectivity index (χ0) is 38.7. The van der Waals surface area contributed by atoms with Crippen LogP contribution in [0.5, 0.6) is 28.7 Å². The van der Waals surface area contributed by atoms with Gasteiger partial charge >= 0.3 is 6.36 Å². The molecule has 4 aromatic carbocycles. The number of amides is 2. The van der Waals surface area contributed by atoms with Crippen molar-refractivity contribution in [3.05, 3.63) is 85.5 Å². The number of para-hydroxylation sites is 2. The van der Waals surface area contributed by atoms with Crippen LogP contribution in [-0.2, 0) is 20.8 Å². The van der Waals surface area contributed by atoms with Gasteiger partial charge in [0.05, 0.1) is 52.1 Å². The summed E-state index contributed by atoms with van der Waals surface area (Å²) >= 11 is -1.62. The normalized spacial score (nSPS) is 13.2. The van der Waals surface area contributed by atoms with Gasteiger partial charge in [0.25, 0.3) is 0 Å². The summed E-state index contributed by atoms with van der Waals surface area (Å²) in [5, 5.41) is 5.57. The van der Waals surface area contributed by atoms with E-state index in [1.807, 2.05) is 0 Å². The van der Waals surface area contributed by atoms with Crippen molar-refractivity contribution in [2.75, 3.05) is 45.3 Å². The molecule has 2 amide bonds. The molecule has 0 saturated heterocycles. The number of ether oxygens (including phenoxy) is 5. The number of benzene rings is 4. The van der Waals surface area contributed by atoms with Gasteiger partial charge < -0.3 is 48.0 Å². The highest BCUT2D eigenvalue weighted by Gasteiger charge is 2.41. The van der Waals surface area contributed by atoms with Gasteiger partial charge in [-0.05, 0) is 35.4 Å². The molecule has 0 aliphatic heterocycles. The minimum absolute atomic E-state index is 0.0279. The highest BCUT2D eigenvalue weighted by molar-refractivity contribution is 7.91. The maximum Gasteiger partial charge on any atom is 0.573 e. The minimum atomic E-state index is -5.12. The summed E-state index contributed by atoms with van der Waals surface area (Å²) in [5.74, 6) is -1.12. The number of nitrogens with one attached hydrogen (secondary N) is 2. The number of carbonyl (C=O) groups is 2. The number of anilines is 2. The molecule has 2 aromatic heterocycles.